The van der Waals surface area contributed by atoms with Gasteiger partial charge in [0.1, 0.15) is 18.2 Å². The number of urea groups is 1. The summed E-state index contributed by atoms with van der Waals surface area (Å²) in [4.78, 5) is 24.2. The number of carbonyl (C=O) groups is 2. The number of hydrogen-bond donors (Lipinski definition) is 3. The molecule has 0 radical (unpaired) electrons. The number of rotatable bonds is 6. The lowest BCUT2D eigenvalue weighted by atomic mass is 10.2. The van der Waals surface area contributed by atoms with Gasteiger partial charge in [0.25, 0.3) is 0 Å². The second-order valence-corrected chi connectivity index (χ2v) is 4.31. The summed E-state index contributed by atoms with van der Waals surface area (Å²) in [6, 6.07) is -1.59. The minimum atomic E-state index is -1.17. The first kappa shape index (κ1) is 15.7. The van der Waals surface area contributed by atoms with Crippen LogP contribution in [-0.2, 0) is 14.3 Å². The molecule has 0 aromatic heterocycles. The Kier molecular flexibility index (Phi) is 6.00. The highest BCUT2D eigenvalue weighted by Crippen LogP contribution is 2.15. The zero-order valence-corrected chi connectivity index (χ0v) is 11.0. The molecule has 110 valence electrons. The molecule has 1 saturated heterocycles. The van der Waals surface area contributed by atoms with E-state index in [0.29, 0.717) is 13.1 Å². The largest absolute Gasteiger partial charge is 0.480 e. The van der Waals surface area contributed by atoms with Crippen LogP contribution in [0.5, 0.6) is 0 Å². The molecule has 0 aromatic carbocycles. The topological polar surface area (TPSA) is 108 Å². The molecule has 3 atom stereocenters. The first-order chi connectivity index (χ1) is 9.03. The van der Waals surface area contributed by atoms with Crippen LogP contribution in [0, 0.1) is 0 Å². The molecular formula is C11H20N2O6. The number of aliphatic carboxylic acids is 1. The Morgan fingerprint density at radius 2 is 1.84 bits per heavy atom. The Balaban J connectivity index is 2.56. The maximum absolute atomic E-state index is 11.9. The second-order valence-electron chi connectivity index (χ2n) is 4.31. The predicted octanol–water partition coefficient (Wildman–Crippen LogP) is -1.12. The van der Waals surface area contributed by atoms with Crippen molar-refractivity contribution in [1.29, 1.82) is 0 Å². The fourth-order valence-corrected chi connectivity index (χ4v) is 1.99. The Morgan fingerprint density at radius 3 is 2.21 bits per heavy atom. The van der Waals surface area contributed by atoms with Gasteiger partial charge in [0.2, 0.25) is 0 Å². The number of hydrogen-bond acceptors (Lipinski definition) is 5. The van der Waals surface area contributed by atoms with E-state index in [1.165, 1.54) is 19.1 Å². The molecule has 1 aliphatic rings. The van der Waals surface area contributed by atoms with Gasteiger partial charge >= 0.3 is 12.0 Å². The van der Waals surface area contributed by atoms with Crippen molar-refractivity contribution in [2.24, 2.45) is 0 Å². The Morgan fingerprint density at radius 1 is 1.32 bits per heavy atom. The molecule has 1 aliphatic heterocycles. The maximum Gasteiger partial charge on any atom is 0.326 e. The molecule has 8 nitrogen and oxygen atoms in total. The minimum Gasteiger partial charge on any atom is -0.480 e. The monoisotopic (exact) mass is 276 g/mol. The van der Waals surface area contributed by atoms with E-state index in [1.807, 2.05) is 0 Å². The van der Waals surface area contributed by atoms with Gasteiger partial charge in [-0.05, 0) is 0 Å². The number of methoxy groups -OCH3 is 2. The van der Waals surface area contributed by atoms with Crippen LogP contribution in [0.2, 0.25) is 0 Å². The van der Waals surface area contributed by atoms with Crippen molar-refractivity contribution < 1.29 is 29.3 Å². The average Bonchev–Trinajstić information content (AvgIpc) is 2.81. The zero-order valence-electron chi connectivity index (χ0n) is 11.0. The van der Waals surface area contributed by atoms with E-state index >= 15 is 0 Å². The van der Waals surface area contributed by atoms with Crippen molar-refractivity contribution >= 4 is 12.0 Å². The molecule has 3 N–H and O–H groups in total. The van der Waals surface area contributed by atoms with E-state index in [4.69, 9.17) is 19.7 Å². The van der Waals surface area contributed by atoms with Crippen LogP contribution in [0.15, 0.2) is 0 Å². The smallest absolute Gasteiger partial charge is 0.326 e. The first-order valence-electron chi connectivity index (χ1n) is 5.98. The van der Waals surface area contributed by atoms with Crippen LogP contribution in [0.4, 0.5) is 4.79 Å². The van der Waals surface area contributed by atoms with Crippen molar-refractivity contribution in [3.8, 4) is 0 Å². The second kappa shape index (κ2) is 7.27. The number of carboxylic acid groups (broad SMARTS) is 1. The first-order valence-corrected chi connectivity index (χ1v) is 5.98. The highest BCUT2D eigenvalue weighted by Gasteiger charge is 2.36. The van der Waals surface area contributed by atoms with Crippen LogP contribution in [0.1, 0.15) is 6.42 Å². The fraction of sp³-hybridized carbons (Fsp3) is 0.818. The Bertz CT molecular complexity index is 312. The lowest BCUT2D eigenvalue weighted by Gasteiger charge is -2.20. The van der Waals surface area contributed by atoms with Gasteiger partial charge in [-0.3, -0.25) is 0 Å². The van der Waals surface area contributed by atoms with E-state index in [2.05, 4.69) is 5.32 Å². The molecule has 19 heavy (non-hydrogen) atoms. The molecule has 1 fully saturated rings. The molecule has 0 saturated carbocycles. The molecule has 1 rings (SSSR count). The van der Waals surface area contributed by atoms with E-state index in [-0.39, 0.29) is 25.2 Å². The van der Waals surface area contributed by atoms with Crippen molar-refractivity contribution in [2.45, 2.75) is 24.7 Å². The van der Waals surface area contributed by atoms with Gasteiger partial charge in [0, 0.05) is 27.2 Å². The van der Waals surface area contributed by atoms with Crippen molar-refractivity contribution in [3.05, 3.63) is 0 Å². The van der Waals surface area contributed by atoms with E-state index < -0.39 is 18.0 Å². The number of carbonyl (C=O) groups excluding carboxylic acids is 1. The molecule has 0 bridgehead atoms. The molecule has 1 heterocycles. The van der Waals surface area contributed by atoms with Gasteiger partial charge < -0.3 is 29.9 Å². The van der Waals surface area contributed by atoms with Crippen LogP contribution < -0.4 is 5.32 Å². The third-order valence-corrected chi connectivity index (χ3v) is 3.12. The lowest BCUT2D eigenvalue weighted by Crippen LogP contribution is -2.48. The highest BCUT2D eigenvalue weighted by molar-refractivity contribution is 5.82. The summed E-state index contributed by atoms with van der Waals surface area (Å²) in [6.07, 6.45) is -0.482. The van der Waals surface area contributed by atoms with Crippen LogP contribution in [0.25, 0.3) is 0 Å². The van der Waals surface area contributed by atoms with Crippen molar-refractivity contribution in [1.82, 2.24) is 10.2 Å². The zero-order chi connectivity index (χ0) is 14.4. The predicted molar refractivity (Wildman–Crippen MR) is 64.8 cm³/mol. The number of nitrogens with one attached hydrogen (secondary N) is 1. The summed E-state index contributed by atoms with van der Waals surface area (Å²) < 4.78 is 10.4. The third-order valence-electron chi connectivity index (χ3n) is 3.12. The van der Waals surface area contributed by atoms with E-state index in [1.54, 1.807) is 0 Å². The van der Waals surface area contributed by atoms with Crippen molar-refractivity contribution in [3.63, 3.8) is 0 Å². The molecular weight excluding hydrogens is 256 g/mol. The number of aliphatic hydroxyl groups is 1. The average molecular weight is 276 g/mol. The summed E-state index contributed by atoms with van der Waals surface area (Å²) >= 11 is 0. The summed E-state index contributed by atoms with van der Waals surface area (Å²) in [5.74, 6) is -1.17. The molecule has 2 amide bonds. The molecule has 0 aromatic rings. The molecule has 3 unspecified atom stereocenters. The minimum absolute atomic E-state index is 0.0314. The normalized spacial score (nSPS) is 24.3. The summed E-state index contributed by atoms with van der Waals surface area (Å²) in [5.41, 5.74) is 0. The summed E-state index contributed by atoms with van der Waals surface area (Å²) in [5, 5.41) is 20.0. The van der Waals surface area contributed by atoms with Crippen molar-refractivity contribution in [2.75, 3.05) is 33.9 Å². The van der Waals surface area contributed by atoms with Gasteiger partial charge in [0.05, 0.1) is 13.1 Å². The summed E-state index contributed by atoms with van der Waals surface area (Å²) in [7, 11) is 3.06. The maximum atomic E-state index is 11.9. The van der Waals surface area contributed by atoms with E-state index in [9.17, 15) is 9.59 Å². The Labute approximate surface area is 111 Å². The van der Waals surface area contributed by atoms with Gasteiger partial charge in [0.15, 0.2) is 0 Å². The Hall–Kier alpha value is -1.38. The third kappa shape index (κ3) is 4.05. The number of likely N-dealkylation sites (tertiary alicyclic amines) is 1. The van der Waals surface area contributed by atoms with Gasteiger partial charge in [-0.1, -0.05) is 0 Å². The quantitative estimate of drug-likeness (QED) is 0.567. The molecule has 0 spiro atoms. The lowest BCUT2D eigenvalue weighted by molar-refractivity contribution is -0.139. The van der Waals surface area contributed by atoms with Gasteiger partial charge in [-0.2, -0.15) is 0 Å². The molecule has 8 heteroatoms. The number of aliphatic hydroxyl groups excluding tert-OH is 1. The SMILES string of the molecule is COC1CN(C(=O)NC(CCO)C(=O)O)CC1OC. The van der Waals surface area contributed by atoms with Crippen LogP contribution >= 0.6 is 0 Å². The molecule has 0 aliphatic carbocycles. The number of amides is 2. The highest BCUT2D eigenvalue weighted by atomic mass is 16.5. The van der Waals surface area contributed by atoms with E-state index in [0.717, 1.165) is 0 Å². The summed E-state index contributed by atoms with van der Waals surface area (Å²) in [6.45, 7) is 0.372. The van der Waals surface area contributed by atoms with Gasteiger partial charge in [-0.15, -0.1) is 0 Å². The fourth-order valence-electron chi connectivity index (χ4n) is 1.99. The van der Waals surface area contributed by atoms with Crippen LogP contribution in [0.3, 0.4) is 0 Å². The number of nitrogens with zero attached hydrogens (tertiary/aromatic N) is 1. The number of ether oxygens (including phenoxy) is 2. The standard InChI is InChI=1S/C11H20N2O6/c1-18-8-5-13(6-9(8)19-2)11(17)12-7(3-4-14)10(15)16/h7-9,14H,3-6H2,1-2H3,(H,12,17)(H,15,16). The number of carboxylic acids is 1. The van der Waals surface area contributed by atoms with Crippen LogP contribution in [-0.4, -0.2) is 79.3 Å². The van der Waals surface area contributed by atoms with Gasteiger partial charge in [-0.25, -0.2) is 9.59 Å².